The van der Waals surface area contributed by atoms with Gasteiger partial charge in [-0.15, -0.1) is 0 Å². The Balaban J connectivity index is 1.49. The normalized spacial score (nSPS) is 14.3. The maximum atomic E-state index is 9.18. The highest BCUT2D eigenvalue weighted by Crippen LogP contribution is 2.48. The number of aromatic nitrogens is 4. The highest BCUT2D eigenvalue weighted by Gasteiger charge is 2.33. The molecule has 1 aliphatic rings. The van der Waals surface area contributed by atoms with Gasteiger partial charge in [0, 0.05) is 37.0 Å². The molecule has 0 saturated carbocycles. The molecule has 1 atom stereocenters. The number of fused-ring (bicyclic) bond motifs is 4. The van der Waals surface area contributed by atoms with Crippen molar-refractivity contribution >= 4 is 10.8 Å². The summed E-state index contributed by atoms with van der Waals surface area (Å²) in [5.41, 5.74) is 3.33. The summed E-state index contributed by atoms with van der Waals surface area (Å²) in [5, 5.41) is 11.4. The molecule has 0 fully saturated rings. The van der Waals surface area contributed by atoms with Gasteiger partial charge in [-0.25, -0.2) is 9.97 Å². The second-order valence-electron chi connectivity index (χ2n) is 8.67. The minimum absolute atomic E-state index is 0.188. The molecule has 0 amide bonds. The van der Waals surface area contributed by atoms with E-state index in [0.29, 0.717) is 17.9 Å². The monoisotopic (exact) mass is 463 g/mol. The van der Waals surface area contributed by atoms with E-state index in [2.05, 4.69) is 40.3 Å². The van der Waals surface area contributed by atoms with Gasteiger partial charge in [0.15, 0.2) is 0 Å². The van der Waals surface area contributed by atoms with E-state index in [1.165, 1.54) is 0 Å². The first-order valence-electron chi connectivity index (χ1n) is 11.7. The maximum Gasteiger partial charge on any atom is 0.228 e. The van der Waals surface area contributed by atoms with Crippen LogP contribution in [-0.2, 0) is 13.1 Å². The highest BCUT2D eigenvalue weighted by atomic mass is 16.5. The molecule has 3 heterocycles. The molecule has 3 aromatic carbocycles. The van der Waals surface area contributed by atoms with Crippen LogP contribution in [0.1, 0.15) is 29.0 Å². The van der Waals surface area contributed by atoms with E-state index >= 15 is 0 Å². The Morgan fingerprint density at radius 3 is 2.63 bits per heavy atom. The van der Waals surface area contributed by atoms with Crippen molar-refractivity contribution < 1.29 is 9.47 Å². The third-order valence-electron chi connectivity index (χ3n) is 6.63. The average Bonchev–Trinajstić information content (AvgIpc) is 3.42. The molecule has 0 spiro atoms. The summed E-state index contributed by atoms with van der Waals surface area (Å²) in [5.74, 6) is 1.88. The number of hydrogen-bond donors (Lipinski definition) is 1. The summed E-state index contributed by atoms with van der Waals surface area (Å²) in [7, 11) is 1.67. The number of nitrogens with zero attached hydrogens (tertiary/aromatic N) is 4. The van der Waals surface area contributed by atoms with E-state index in [0.717, 1.165) is 51.9 Å². The van der Waals surface area contributed by atoms with E-state index < -0.39 is 0 Å². The number of ether oxygens (including phenoxy) is 2. The topological polar surface area (TPSA) is 78.0 Å². The van der Waals surface area contributed by atoms with Crippen molar-refractivity contribution in [1.29, 1.82) is 5.41 Å². The fraction of sp³-hybridized carbons (Fsp3) is 0.179. The van der Waals surface area contributed by atoms with Crippen LogP contribution in [-0.4, -0.2) is 26.2 Å². The van der Waals surface area contributed by atoms with Crippen molar-refractivity contribution in [3.8, 4) is 17.4 Å². The van der Waals surface area contributed by atoms with Crippen LogP contribution in [0.5, 0.6) is 17.4 Å². The zero-order valence-corrected chi connectivity index (χ0v) is 19.4. The molecule has 0 unspecified atom stereocenters. The number of rotatable bonds is 6. The van der Waals surface area contributed by atoms with Crippen LogP contribution >= 0.6 is 0 Å². The van der Waals surface area contributed by atoms with Crippen LogP contribution in [0.4, 0.5) is 0 Å². The van der Waals surface area contributed by atoms with Crippen molar-refractivity contribution in [3.05, 3.63) is 108 Å². The lowest BCUT2D eigenvalue weighted by atomic mass is 9.81. The van der Waals surface area contributed by atoms with E-state index in [4.69, 9.17) is 9.47 Å². The van der Waals surface area contributed by atoms with Crippen molar-refractivity contribution in [1.82, 2.24) is 19.1 Å². The lowest BCUT2D eigenvalue weighted by molar-refractivity contribution is 0.413. The lowest BCUT2D eigenvalue weighted by Gasteiger charge is -2.30. The molecule has 0 aliphatic carbocycles. The molecule has 174 valence electrons. The Morgan fingerprint density at radius 2 is 1.83 bits per heavy atom. The molecule has 0 radical (unpaired) electrons. The van der Waals surface area contributed by atoms with Crippen LogP contribution in [0.3, 0.4) is 0 Å². The Bertz CT molecular complexity index is 1560. The van der Waals surface area contributed by atoms with Crippen LogP contribution in [0.2, 0.25) is 0 Å². The maximum absolute atomic E-state index is 9.18. The lowest BCUT2D eigenvalue weighted by Crippen LogP contribution is -2.30. The number of hydrogen-bond acceptors (Lipinski definition) is 5. The molecule has 7 heteroatoms. The highest BCUT2D eigenvalue weighted by molar-refractivity contribution is 5.90. The molecule has 1 N–H and O–H groups in total. The quantitative estimate of drug-likeness (QED) is 0.373. The molecule has 0 saturated heterocycles. The molecule has 0 bridgehead atoms. The van der Waals surface area contributed by atoms with Gasteiger partial charge in [0.25, 0.3) is 0 Å². The van der Waals surface area contributed by atoms with Gasteiger partial charge in [-0.1, -0.05) is 42.5 Å². The second kappa shape index (κ2) is 8.76. The molecule has 5 aromatic rings. The predicted molar refractivity (Wildman–Crippen MR) is 133 cm³/mol. The fourth-order valence-corrected chi connectivity index (χ4v) is 4.90. The van der Waals surface area contributed by atoms with E-state index in [9.17, 15) is 5.41 Å². The zero-order valence-electron chi connectivity index (χ0n) is 19.4. The Kier molecular flexibility index (Phi) is 5.29. The van der Waals surface area contributed by atoms with Crippen molar-refractivity contribution in [3.63, 3.8) is 0 Å². The molecule has 2 aromatic heterocycles. The van der Waals surface area contributed by atoms with Gasteiger partial charge in [0.1, 0.15) is 23.3 Å². The smallest absolute Gasteiger partial charge is 0.228 e. The third-order valence-corrected chi connectivity index (χ3v) is 6.63. The van der Waals surface area contributed by atoms with Crippen molar-refractivity contribution in [2.24, 2.45) is 0 Å². The molecule has 7 nitrogen and oxygen atoms in total. The molecular formula is C28H25N5O2. The van der Waals surface area contributed by atoms with Gasteiger partial charge in [-0.05, 0) is 41.0 Å². The van der Waals surface area contributed by atoms with Crippen molar-refractivity contribution in [2.75, 3.05) is 7.11 Å². The summed E-state index contributed by atoms with van der Waals surface area (Å²) in [6.07, 6.45) is 8.12. The van der Waals surface area contributed by atoms with Crippen LogP contribution in [0, 0.1) is 5.41 Å². The average molecular weight is 464 g/mol. The summed E-state index contributed by atoms with van der Waals surface area (Å²) in [4.78, 5) is 8.77. The SMILES string of the molecule is COc1ccc([C@H]2c3c(ncn(CCCn4ccnc4)c3=N)Oc3ccc4ccccc4c32)cc1. The first-order valence-corrected chi connectivity index (χ1v) is 11.7. The van der Waals surface area contributed by atoms with Gasteiger partial charge < -0.3 is 18.6 Å². The van der Waals surface area contributed by atoms with Gasteiger partial charge in [-0.3, -0.25) is 5.41 Å². The Labute approximate surface area is 202 Å². The third kappa shape index (κ3) is 3.75. The molecule has 6 rings (SSSR count). The molecule has 1 aliphatic heterocycles. The number of imidazole rings is 1. The second-order valence-corrected chi connectivity index (χ2v) is 8.67. The van der Waals surface area contributed by atoms with Gasteiger partial charge >= 0.3 is 0 Å². The zero-order chi connectivity index (χ0) is 23.8. The van der Waals surface area contributed by atoms with E-state index in [1.54, 1.807) is 19.6 Å². The first-order chi connectivity index (χ1) is 17.2. The first kappa shape index (κ1) is 21.2. The van der Waals surface area contributed by atoms with E-state index in [-0.39, 0.29) is 5.92 Å². The van der Waals surface area contributed by atoms with Crippen LogP contribution < -0.4 is 15.0 Å². The Hall–Kier alpha value is -4.39. The number of aryl methyl sites for hydroxylation is 2. The Morgan fingerprint density at radius 1 is 0.971 bits per heavy atom. The summed E-state index contributed by atoms with van der Waals surface area (Å²) >= 11 is 0. The van der Waals surface area contributed by atoms with Gasteiger partial charge in [-0.2, -0.15) is 0 Å². The predicted octanol–water partition coefficient (Wildman–Crippen LogP) is 5.10. The minimum Gasteiger partial charge on any atom is -0.497 e. The molecular weight excluding hydrogens is 438 g/mol. The summed E-state index contributed by atoms with van der Waals surface area (Å²) in [6.45, 7) is 1.50. The summed E-state index contributed by atoms with van der Waals surface area (Å²) in [6, 6.07) is 20.5. The molecule has 35 heavy (non-hydrogen) atoms. The summed E-state index contributed by atoms with van der Waals surface area (Å²) < 4.78 is 15.7. The fourth-order valence-electron chi connectivity index (χ4n) is 4.90. The standard InChI is InChI=1S/C28H25N5O2/c1-34-21-10-7-20(8-11-21)24-25-22-6-3-2-5-19(22)9-12-23(25)35-28-26(24)27(29)33(18-31-28)15-4-14-32-16-13-30-17-32/h2-3,5-13,16-18,24,29H,4,14-15H2,1H3/t24-/m1/s1. The van der Waals surface area contributed by atoms with Crippen molar-refractivity contribution in [2.45, 2.75) is 25.4 Å². The number of benzene rings is 3. The van der Waals surface area contributed by atoms with Gasteiger partial charge in [0.2, 0.25) is 5.88 Å². The minimum atomic E-state index is -0.188. The largest absolute Gasteiger partial charge is 0.497 e. The number of methoxy groups -OCH3 is 1. The van der Waals surface area contributed by atoms with Crippen LogP contribution in [0.25, 0.3) is 10.8 Å². The van der Waals surface area contributed by atoms with E-state index in [1.807, 2.05) is 52.0 Å². The number of nitrogens with one attached hydrogen (secondary N) is 1. The van der Waals surface area contributed by atoms with Crippen LogP contribution in [0.15, 0.2) is 85.7 Å². The van der Waals surface area contributed by atoms with Gasteiger partial charge in [0.05, 0.1) is 19.0 Å².